The van der Waals surface area contributed by atoms with Gasteiger partial charge in [-0.15, -0.1) is 0 Å². The van der Waals surface area contributed by atoms with E-state index in [0.29, 0.717) is 16.0 Å². The molecule has 1 aliphatic heterocycles. The Morgan fingerprint density at radius 2 is 1.41 bits per heavy atom. The third-order valence-electron chi connectivity index (χ3n) is 5.01. The van der Waals surface area contributed by atoms with Crippen molar-refractivity contribution < 1.29 is 0 Å². The fourth-order valence-corrected chi connectivity index (χ4v) is 4.19. The Labute approximate surface area is 178 Å². The van der Waals surface area contributed by atoms with Gasteiger partial charge in [0, 0.05) is 21.3 Å². The molecule has 0 spiro atoms. The minimum absolute atomic E-state index is 0.251. The molecule has 142 valence electrons. The lowest BCUT2D eigenvalue weighted by Crippen LogP contribution is -2.20. The molecule has 1 aliphatic rings. The van der Waals surface area contributed by atoms with Crippen LogP contribution in [0.3, 0.4) is 0 Å². The van der Waals surface area contributed by atoms with E-state index in [1.807, 2.05) is 36.4 Å². The number of benzene rings is 3. The molecule has 6 heteroatoms. The molecule has 0 bridgehead atoms. The van der Waals surface area contributed by atoms with Gasteiger partial charge < -0.3 is 5.32 Å². The van der Waals surface area contributed by atoms with Crippen LogP contribution in [0.4, 0.5) is 5.95 Å². The largest absolute Gasteiger partial charge is 0.324 e. The van der Waals surface area contributed by atoms with Crippen molar-refractivity contribution in [3.63, 3.8) is 0 Å². The molecule has 0 saturated carbocycles. The molecule has 2 heterocycles. The molecule has 4 nitrogen and oxygen atoms in total. The summed E-state index contributed by atoms with van der Waals surface area (Å²) in [5.41, 5.74) is 5.14. The Morgan fingerprint density at radius 3 is 2.14 bits per heavy atom. The molecular formula is C23H16Cl2N4. The third-order valence-corrected chi connectivity index (χ3v) is 5.67. The molecule has 1 N–H and O–H groups in total. The van der Waals surface area contributed by atoms with Gasteiger partial charge in [0.1, 0.15) is 12.4 Å². The lowest BCUT2D eigenvalue weighted by atomic mass is 9.99. The minimum atomic E-state index is -0.251. The Morgan fingerprint density at radius 1 is 0.759 bits per heavy atom. The highest BCUT2D eigenvalue weighted by molar-refractivity contribution is 6.36. The van der Waals surface area contributed by atoms with Crippen LogP contribution in [0.5, 0.6) is 0 Å². The van der Waals surface area contributed by atoms with Crippen LogP contribution in [0, 0.1) is 0 Å². The summed E-state index contributed by atoms with van der Waals surface area (Å²) < 4.78 is 1.79. The molecule has 0 aliphatic carbocycles. The summed E-state index contributed by atoms with van der Waals surface area (Å²) in [5.74, 6) is 0.649. The van der Waals surface area contributed by atoms with Crippen LogP contribution in [0.1, 0.15) is 17.2 Å². The molecule has 3 aromatic carbocycles. The van der Waals surface area contributed by atoms with E-state index >= 15 is 0 Å². The normalized spacial score (nSPS) is 15.4. The van der Waals surface area contributed by atoms with E-state index in [4.69, 9.17) is 23.2 Å². The molecule has 1 atom stereocenters. The SMILES string of the molecule is Clc1cccc(Cl)c1[C@@H]1C=C(c2ccc(-c3ccccc3)cc2)Nc2ncnn21. The van der Waals surface area contributed by atoms with Crippen LogP contribution < -0.4 is 5.32 Å². The Kier molecular flexibility index (Phi) is 4.58. The zero-order chi connectivity index (χ0) is 19.8. The second kappa shape index (κ2) is 7.39. The molecule has 0 saturated heterocycles. The van der Waals surface area contributed by atoms with E-state index in [1.165, 1.54) is 17.5 Å². The molecule has 0 amide bonds. The number of hydrogen-bond donors (Lipinski definition) is 1. The van der Waals surface area contributed by atoms with E-state index in [-0.39, 0.29) is 6.04 Å². The molecular weight excluding hydrogens is 403 g/mol. The van der Waals surface area contributed by atoms with E-state index in [2.05, 4.69) is 57.9 Å². The fraction of sp³-hybridized carbons (Fsp3) is 0.0435. The summed E-state index contributed by atoms with van der Waals surface area (Å²) in [5, 5.41) is 8.91. The molecule has 4 aromatic rings. The summed E-state index contributed by atoms with van der Waals surface area (Å²) in [6.07, 6.45) is 3.60. The van der Waals surface area contributed by atoms with Gasteiger partial charge in [-0.25, -0.2) is 4.68 Å². The first-order valence-corrected chi connectivity index (χ1v) is 9.94. The van der Waals surface area contributed by atoms with Crippen molar-refractivity contribution in [3.8, 4) is 11.1 Å². The van der Waals surface area contributed by atoms with Crippen LogP contribution in [0.15, 0.2) is 85.2 Å². The highest BCUT2D eigenvalue weighted by Crippen LogP contribution is 2.38. The highest BCUT2D eigenvalue weighted by Gasteiger charge is 2.26. The zero-order valence-electron chi connectivity index (χ0n) is 15.3. The van der Waals surface area contributed by atoms with Crippen molar-refractivity contribution in [1.82, 2.24) is 14.8 Å². The predicted octanol–water partition coefficient (Wildman–Crippen LogP) is 6.31. The molecule has 0 radical (unpaired) electrons. The van der Waals surface area contributed by atoms with E-state index < -0.39 is 0 Å². The average Bonchev–Trinajstić information content (AvgIpc) is 3.23. The highest BCUT2D eigenvalue weighted by atomic mass is 35.5. The Hall–Kier alpha value is -3.08. The number of allylic oxidation sites excluding steroid dienone is 1. The van der Waals surface area contributed by atoms with E-state index in [1.54, 1.807) is 4.68 Å². The summed E-state index contributed by atoms with van der Waals surface area (Å²) in [4.78, 5) is 4.35. The maximum absolute atomic E-state index is 6.48. The Bertz CT molecular complexity index is 1180. The zero-order valence-corrected chi connectivity index (χ0v) is 16.8. The van der Waals surface area contributed by atoms with Gasteiger partial charge in [-0.1, -0.05) is 83.9 Å². The van der Waals surface area contributed by atoms with Gasteiger partial charge in [0.25, 0.3) is 0 Å². The fourth-order valence-electron chi connectivity index (χ4n) is 3.57. The lowest BCUT2D eigenvalue weighted by Gasteiger charge is -2.25. The first-order valence-electron chi connectivity index (χ1n) is 9.19. The van der Waals surface area contributed by atoms with Crippen LogP contribution >= 0.6 is 23.2 Å². The summed E-state index contributed by atoms with van der Waals surface area (Å²) in [6, 6.07) is 24.0. The number of anilines is 1. The number of nitrogens with zero attached hydrogens (tertiary/aromatic N) is 3. The van der Waals surface area contributed by atoms with Crippen molar-refractivity contribution in [1.29, 1.82) is 0 Å². The monoisotopic (exact) mass is 418 g/mol. The Balaban J connectivity index is 1.56. The van der Waals surface area contributed by atoms with Crippen LogP contribution in [-0.2, 0) is 0 Å². The number of aromatic nitrogens is 3. The van der Waals surface area contributed by atoms with E-state index in [0.717, 1.165) is 16.8 Å². The third kappa shape index (κ3) is 3.31. The number of halogens is 2. The van der Waals surface area contributed by atoms with Crippen molar-refractivity contribution >= 4 is 34.8 Å². The number of fused-ring (bicyclic) bond motifs is 1. The van der Waals surface area contributed by atoms with Crippen molar-refractivity contribution in [2.24, 2.45) is 0 Å². The van der Waals surface area contributed by atoms with Gasteiger partial charge in [-0.2, -0.15) is 10.1 Å². The second-order valence-electron chi connectivity index (χ2n) is 6.76. The molecule has 0 unspecified atom stereocenters. The predicted molar refractivity (Wildman–Crippen MR) is 118 cm³/mol. The maximum Gasteiger partial charge on any atom is 0.226 e. The topological polar surface area (TPSA) is 42.7 Å². The first kappa shape index (κ1) is 18.0. The van der Waals surface area contributed by atoms with Crippen molar-refractivity contribution in [2.75, 3.05) is 5.32 Å². The number of rotatable bonds is 3. The summed E-state index contributed by atoms with van der Waals surface area (Å²) in [6.45, 7) is 0. The number of hydrogen-bond acceptors (Lipinski definition) is 3. The van der Waals surface area contributed by atoms with E-state index in [9.17, 15) is 0 Å². The standard InChI is InChI=1S/C23H16Cl2N4/c24-18-7-4-8-19(25)22(18)21-13-20(28-23-26-14-27-29(21)23)17-11-9-16(10-12-17)15-5-2-1-3-6-15/h1-14,21H,(H,26,27,28)/t21-/m0/s1. The van der Waals surface area contributed by atoms with Gasteiger partial charge in [-0.05, 0) is 34.9 Å². The second-order valence-corrected chi connectivity index (χ2v) is 7.57. The van der Waals surface area contributed by atoms with Crippen molar-refractivity contribution in [2.45, 2.75) is 6.04 Å². The minimum Gasteiger partial charge on any atom is -0.324 e. The molecule has 0 fully saturated rings. The quantitative estimate of drug-likeness (QED) is 0.423. The van der Waals surface area contributed by atoms with Gasteiger partial charge >= 0.3 is 0 Å². The summed E-state index contributed by atoms with van der Waals surface area (Å²) in [7, 11) is 0. The van der Waals surface area contributed by atoms with Crippen LogP contribution in [0.25, 0.3) is 16.8 Å². The maximum atomic E-state index is 6.48. The van der Waals surface area contributed by atoms with Gasteiger partial charge in [0.2, 0.25) is 5.95 Å². The molecule has 5 rings (SSSR count). The first-order chi connectivity index (χ1) is 14.2. The number of nitrogens with one attached hydrogen (secondary N) is 1. The lowest BCUT2D eigenvalue weighted by molar-refractivity contribution is 0.612. The van der Waals surface area contributed by atoms with Crippen LogP contribution in [-0.4, -0.2) is 14.8 Å². The van der Waals surface area contributed by atoms with Gasteiger partial charge in [0.15, 0.2) is 0 Å². The van der Waals surface area contributed by atoms with Gasteiger partial charge in [-0.3, -0.25) is 0 Å². The van der Waals surface area contributed by atoms with Crippen LogP contribution in [0.2, 0.25) is 10.0 Å². The van der Waals surface area contributed by atoms with Gasteiger partial charge in [0.05, 0.1) is 0 Å². The molecule has 29 heavy (non-hydrogen) atoms. The molecule has 1 aromatic heterocycles. The smallest absolute Gasteiger partial charge is 0.226 e. The average molecular weight is 419 g/mol. The summed E-state index contributed by atoms with van der Waals surface area (Å²) >= 11 is 13.0. The van der Waals surface area contributed by atoms with Crippen molar-refractivity contribution in [3.05, 3.63) is 106 Å².